The monoisotopic (exact) mass is 430 g/mol. The normalized spacial score (nSPS) is 11.1. The first-order valence-corrected chi connectivity index (χ1v) is 10.8. The second-order valence-corrected chi connectivity index (χ2v) is 8.45. The molecule has 0 spiro atoms. The van der Waals surface area contributed by atoms with Crippen molar-refractivity contribution in [3.8, 4) is 22.9 Å². The summed E-state index contributed by atoms with van der Waals surface area (Å²) < 4.78 is 29.3. The number of hydrogen-bond donors (Lipinski definition) is 2. The lowest BCUT2D eigenvalue weighted by molar-refractivity contribution is 0.601. The molecule has 0 saturated carbocycles. The predicted molar refractivity (Wildman–Crippen MR) is 118 cm³/mol. The summed E-state index contributed by atoms with van der Waals surface area (Å²) in [5.41, 5.74) is 9.42. The van der Waals surface area contributed by atoms with Crippen LogP contribution in [0, 0.1) is 18.3 Å². The Labute approximate surface area is 179 Å². The highest BCUT2D eigenvalue weighted by Crippen LogP contribution is 2.31. The van der Waals surface area contributed by atoms with Crippen molar-refractivity contribution in [2.24, 2.45) is 0 Å². The molecule has 4 rings (SSSR count). The van der Waals surface area contributed by atoms with Crippen LogP contribution in [0.15, 0.2) is 78.0 Å². The molecule has 31 heavy (non-hydrogen) atoms. The molecule has 3 N–H and O–H groups in total. The van der Waals surface area contributed by atoms with E-state index in [4.69, 9.17) is 5.73 Å². The third kappa shape index (κ3) is 3.97. The van der Waals surface area contributed by atoms with E-state index in [2.05, 4.69) is 20.8 Å². The van der Waals surface area contributed by atoms with Gasteiger partial charge in [-0.15, -0.1) is 0 Å². The van der Waals surface area contributed by atoms with Gasteiger partial charge >= 0.3 is 0 Å². The minimum Gasteiger partial charge on any atom is -0.384 e. The van der Waals surface area contributed by atoms with Crippen LogP contribution in [0.4, 0.5) is 11.8 Å². The fraction of sp³-hybridized carbons (Fsp3) is 0.0455. The van der Waals surface area contributed by atoms with Crippen LogP contribution in [0.2, 0.25) is 0 Å². The molecule has 0 amide bonds. The van der Waals surface area contributed by atoms with Crippen molar-refractivity contribution < 1.29 is 8.42 Å². The average Bonchev–Trinajstić information content (AvgIpc) is 3.10. The highest BCUT2D eigenvalue weighted by molar-refractivity contribution is 7.92. The number of rotatable bonds is 5. The van der Waals surface area contributed by atoms with E-state index in [1.54, 1.807) is 35.9 Å². The van der Waals surface area contributed by atoms with Gasteiger partial charge in [0, 0.05) is 29.3 Å². The van der Waals surface area contributed by atoms with E-state index >= 15 is 0 Å². The number of benzene rings is 2. The lowest BCUT2D eigenvalue weighted by atomic mass is 10.1. The van der Waals surface area contributed by atoms with E-state index in [1.165, 1.54) is 18.3 Å². The summed E-state index contributed by atoms with van der Waals surface area (Å²) in [6.45, 7) is 1.74. The fourth-order valence-electron chi connectivity index (χ4n) is 3.15. The standard InChI is InChI=1S/C22H18N6O2S/c1-15-11-12-25-22(26-15)27-31(29,30)18-9-7-17(8-10-18)28-14-20(19(13-23)21(28)24)16-5-3-2-4-6-16/h2-12,14H,24H2,1H3,(H,25,26,27). The number of nitrogens with zero attached hydrogens (tertiary/aromatic N) is 4. The Morgan fingerprint density at radius 1 is 1.06 bits per heavy atom. The molecule has 0 bridgehead atoms. The molecule has 0 radical (unpaired) electrons. The molecule has 0 aliphatic heterocycles. The van der Waals surface area contributed by atoms with Crippen molar-refractivity contribution >= 4 is 21.8 Å². The van der Waals surface area contributed by atoms with E-state index in [9.17, 15) is 13.7 Å². The van der Waals surface area contributed by atoms with E-state index in [0.717, 1.165) is 5.56 Å². The average molecular weight is 430 g/mol. The fourth-order valence-corrected chi connectivity index (χ4v) is 4.10. The molecule has 2 aromatic heterocycles. The smallest absolute Gasteiger partial charge is 0.264 e. The van der Waals surface area contributed by atoms with Crippen LogP contribution in [-0.2, 0) is 10.0 Å². The first kappa shape index (κ1) is 20.1. The molecule has 2 aromatic carbocycles. The van der Waals surface area contributed by atoms with Crippen molar-refractivity contribution in [2.45, 2.75) is 11.8 Å². The number of anilines is 2. The second kappa shape index (κ2) is 7.93. The van der Waals surface area contributed by atoms with Gasteiger partial charge in [0.1, 0.15) is 17.5 Å². The Balaban J connectivity index is 1.67. The lowest BCUT2D eigenvalue weighted by Gasteiger charge is -2.09. The zero-order valence-electron chi connectivity index (χ0n) is 16.5. The Hall–Kier alpha value is -4.16. The number of nitriles is 1. The van der Waals surface area contributed by atoms with Crippen LogP contribution >= 0.6 is 0 Å². The van der Waals surface area contributed by atoms with Crippen molar-refractivity contribution in [3.63, 3.8) is 0 Å². The Kier molecular flexibility index (Phi) is 5.15. The summed E-state index contributed by atoms with van der Waals surface area (Å²) in [7, 11) is -3.86. The molecular weight excluding hydrogens is 412 g/mol. The molecule has 0 unspecified atom stereocenters. The third-order valence-corrected chi connectivity index (χ3v) is 6.03. The molecule has 154 valence electrons. The van der Waals surface area contributed by atoms with Gasteiger partial charge in [-0.05, 0) is 42.8 Å². The summed E-state index contributed by atoms with van der Waals surface area (Å²) in [6.07, 6.45) is 3.25. The lowest BCUT2D eigenvalue weighted by Crippen LogP contribution is -2.15. The van der Waals surface area contributed by atoms with Crippen molar-refractivity contribution in [1.82, 2.24) is 14.5 Å². The number of nitrogen functional groups attached to an aromatic ring is 1. The number of hydrogen-bond acceptors (Lipinski definition) is 6. The van der Waals surface area contributed by atoms with Crippen LogP contribution in [0.25, 0.3) is 16.8 Å². The summed E-state index contributed by atoms with van der Waals surface area (Å²) in [5.74, 6) is 0.285. The first-order chi connectivity index (χ1) is 14.9. The molecule has 9 heteroatoms. The van der Waals surface area contributed by atoms with E-state index < -0.39 is 10.0 Å². The summed E-state index contributed by atoms with van der Waals surface area (Å²) in [4.78, 5) is 8.04. The SMILES string of the molecule is Cc1ccnc(NS(=O)(=O)c2ccc(-n3cc(-c4ccccc4)c(C#N)c3N)cc2)n1. The Morgan fingerprint density at radius 3 is 2.42 bits per heavy atom. The number of nitrogens with two attached hydrogens (primary N) is 1. The van der Waals surface area contributed by atoms with Gasteiger partial charge < -0.3 is 10.3 Å². The largest absolute Gasteiger partial charge is 0.384 e. The highest BCUT2D eigenvalue weighted by atomic mass is 32.2. The number of aryl methyl sites for hydroxylation is 1. The number of sulfonamides is 1. The topological polar surface area (TPSA) is 127 Å². The van der Waals surface area contributed by atoms with Crippen LogP contribution in [0.1, 0.15) is 11.3 Å². The molecule has 0 atom stereocenters. The van der Waals surface area contributed by atoms with Crippen LogP contribution in [0.5, 0.6) is 0 Å². The third-order valence-electron chi connectivity index (χ3n) is 4.69. The van der Waals surface area contributed by atoms with Crippen LogP contribution < -0.4 is 10.5 Å². The van der Waals surface area contributed by atoms with Gasteiger partial charge in [-0.1, -0.05) is 30.3 Å². The van der Waals surface area contributed by atoms with Gasteiger partial charge in [0.2, 0.25) is 5.95 Å². The molecule has 0 saturated heterocycles. The molecule has 0 aliphatic rings. The van der Waals surface area contributed by atoms with Gasteiger partial charge in [0.25, 0.3) is 10.0 Å². The molecule has 0 aliphatic carbocycles. The summed E-state index contributed by atoms with van der Waals surface area (Å²) in [5, 5.41) is 9.59. The number of aromatic nitrogens is 3. The predicted octanol–water partition coefficient (Wildman–Crippen LogP) is 3.50. The van der Waals surface area contributed by atoms with Gasteiger partial charge in [-0.25, -0.2) is 23.1 Å². The first-order valence-electron chi connectivity index (χ1n) is 9.28. The van der Waals surface area contributed by atoms with Crippen LogP contribution in [-0.4, -0.2) is 23.0 Å². The van der Waals surface area contributed by atoms with Gasteiger partial charge in [-0.3, -0.25) is 0 Å². The van der Waals surface area contributed by atoms with Gasteiger partial charge in [0.15, 0.2) is 0 Å². The van der Waals surface area contributed by atoms with Crippen molar-refractivity contribution in [2.75, 3.05) is 10.5 Å². The molecule has 0 fully saturated rings. The Morgan fingerprint density at radius 2 is 1.77 bits per heavy atom. The minimum absolute atomic E-state index is 0.00453. The minimum atomic E-state index is -3.86. The van der Waals surface area contributed by atoms with E-state index in [-0.39, 0.29) is 16.7 Å². The maximum absolute atomic E-state index is 12.7. The van der Waals surface area contributed by atoms with E-state index in [0.29, 0.717) is 22.5 Å². The molecule has 4 aromatic rings. The van der Waals surface area contributed by atoms with Gasteiger partial charge in [-0.2, -0.15) is 5.26 Å². The maximum atomic E-state index is 12.7. The van der Waals surface area contributed by atoms with E-state index in [1.807, 2.05) is 30.3 Å². The van der Waals surface area contributed by atoms with Crippen molar-refractivity contribution in [3.05, 3.63) is 84.3 Å². The highest BCUT2D eigenvalue weighted by Gasteiger charge is 2.18. The van der Waals surface area contributed by atoms with Crippen LogP contribution in [0.3, 0.4) is 0 Å². The zero-order chi connectivity index (χ0) is 22.0. The molecule has 8 nitrogen and oxygen atoms in total. The molecular formula is C22H18N6O2S. The summed E-state index contributed by atoms with van der Waals surface area (Å²) >= 11 is 0. The zero-order valence-corrected chi connectivity index (χ0v) is 17.3. The summed E-state index contributed by atoms with van der Waals surface area (Å²) in [6, 6.07) is 19.4. The quantitative estimate of drug-likeness (QED) is 0.499. The van der Waals surface area contributed by atoms with Gasteiger partial charge in [0.05, 0.1) is 4.90 Å². The Bertz CT molecular complexity index is 1390. The second-order valence-electron chi connectivity index (χ2n) is 6.77. The number of nitrogens with one attached hydrogen (secondary N) is 1. The molecule has 2 heterocycles. The maximum Gasteiger partial charge on any atom is 0.264 e. The van der Waals surface area contributed by atoms with Crippen molar-refractivity contribution in [1.29, 1.82) is 5.26 Å².